The molecule has 0 amide bonds. The van der Waals surface area contributed by atoms with Gasteiger partial charge < -0.3 is 8.83 Å². The summed E-state index contributed by atoms with van der Waals surface area (Å²) in [5, 5.41) is 0. The summed E-state index contributed by atoms with van der Waals surface area (Å²) < 4.78 is 9.12. The average molecular weight is 108 g/mol. The molecule has 2 aromatic rings. The van der Waals surface area contributed by atoms with Gasteiger partial charge in [-0.3, -0.25) is 0 Å². The van der Waals surface area contributed by atoms with Crippen LogP contribution in [-0.4, -0.2) is 9.97 Å². The van der Waals surface area contributed by atoms with E-state index in [0.717, 1.165) is 0 Å². The average Bonchev–Trinajstić information content (AvgIpc) is 2.15. The molecule has 38 valence electrons. The maximum Gasteiger partial charge on any atom is 0.340 e. The summed E-state index contributed by atoms with van der Waals surface area (Å²) in [6.07, 6.45) is 4.43. The van der Waals surface area contributed by atoms with Gasteiger partial charge in [-0.2, -0.15) is 9.97 Å². The number of aromatic nitrogens is 2. The molecule has 0 bridgehead atoms. The fourth-order valence-corrected chi connectivity index (χ4v) is 0.443. The SMILES string of the molecule is [c]1nc2n[c]oc2o1. The summed E-state index contributed by atoms with van der Waals surface area (Å²) in [4.78, 5) is 7.10. The molecule has 2 aromatic heterocycles. The zero-order valence-electron chi connectivity index (χ0n) is 3.71. The summed E-state index contributed by atoms with van der Waals surface area (Å²) in [6, 6.07) is 0. The first kappa shape index (κ1) is 3.65. The topological polar surface area (TPSA) is 52.1 Å². The Morgan fingerprint density at radius 1 is 1.12 bits per heavy atom. The standard InChI is InChI=1S/C4N2O2/c1-5-3-4(7-1)8-2-6-3. The minimum Gasteiger partial charge on any atom is -0.398 e. The maximum absolute atomic E-state index is 4.56. The van der Waals surface area contributed by atoms with Crippen molar-refractivity contribution in [2.45, 2.75) is 0 Å². The van der Waals surface area contributed by atoms with Crippen LogP contribution >= 0.6 is 0 Å². The second-order valence-electron chi connectivity index (χ2n) is 1.22. The lowest BCUT2D eigenvalue weighted by Gasteiger charge is -1.60. The van der Waals surface area contributed by atoms with Crippen LogP contribution in [0.5, 0.6) is 0 Å². The van der Waals surface area contributed by atoms with Gasteiger partial charge >= 0.3 is 5.78 Å². The molecule has 0 aliphatic rings. The monoisotopic (exact) mass is 108 g/mol. The summed E-state index contributed by atoms with van der Waals surface area (Å²) in [5.74, 6) is 0.269. The Bertz CT molecular complexity index is 233. The molecule has 0 fully saturated rings. The molecule has 2 heterocycles. The Balaban J connectivity index is 3.06. The fourth-order valence-electron chi connectivity index (χ4n) is 0.443. The fraction of sp³-hybridized carbons (Fsp3) is 0. The van der Waals surface area contributed by atoms with Gasteiger partial charge in [-0.15, -0.1) is 0 Å². The first-order valence-electron chi connectivity index (χ1n) is 1.96. The molecule has 0 saturated heterocycles. The van der Waals surface area contributed by atoms with E-state index in [9.17, 15) is 0 Å². The lowest BCUT2D eigenvalue weighted by Crippen LogP contribution is -1.59. The third-order valence-electron chi connectivity index (χ3n) is 0.762. The van der Waals surface area contributed by atoms with E-state index in [1.807, 2.05) is 0 Å². The van der Waals surface area contributed by atoms with E-state index in [4.69, 9.17) is 0 Å². The van der Waals surface area contributed by atoms with Gasteiger partial charge in [0.2, 0.25) is 5.65 Å². The smallest absolute Gasteiger partial charge is 0.340 e. The molecule has 0 saturated carbocycles. The summed E-state index contributed by atoms with van der Waals surface area (Å²) in [7, 11) is 0. The zero-order chi connectivity index (χ0) is 5.40. The van der Waals surface area contributed by atoms with Crippen molar-refractivity contribution >= 4 is 11.4 Å². The van der Waals surface area contributed by atoms with Crippen molar-refractivity contribution in [3.63, 3.8) is 0 Å². The van der Waals surface area contributed by atoms with Crippen molar-refractivity contribution in [1.82, 2.24) is 9.97 Å². The molecule has 2 radical (unpaired) electrons. The predicted molar refractivity (Wildman–Crippen MR) is 21.7 cm³/mol. The highest BCUT2D eigenvalue weighted by molar-refractivity contribution is 5.57. The first-order chi connectivity index (χ1) is 3.97. The molecular weight excluding hydrogens is 108 g/mol. The largest absolute Gasteiger partial charge is 0.398 e. The van der Waals surface area contributed by atoms with Gasteiger partial charge in [0.05, 0.1) is 0 Å². The predicted octanol–water partition coefficient (Wildman–Crippen LogP) is 0.416. The zero-order valence-corrected chi connectivity index (χ0v) is 3.71. The number of rotatable bonds is 0. The van der Waals surface area contributed by atoms with Crippen molar-refractivity contribution in [2.75, 3.05) is 0 Å². The highest BCUT2D eigenvalue weighted by atomic mass is 16.5. The van der Waals surface area contributed by atoms with Crippen LogP contribution in [0.3, 0.4) is 0 Å². The quantitative estimate of drug-likeness (QED) is 0.490. The van der Waals surface area contributed by atoms with E-state index in [1.165, 1.54) is 0 Å². The van der Waals surface area contributed by atoms with Crippen LogP contribution in [0.4, 0.5) is 0 Å². The van der Waals surface area contributed by atoms with Gasteiger partial charge in [0.15, 0.2) is 0 Å². The lowest BCUT2D eigenvalue weighted by atomic mass is 10.8. The highest BCUT2D eigenvalue weighted by Gasteiger charge is 2.00. The Labute approximate surface area is 44.1 Å². The van der Waals surface area contributed by atoms with Crippen LogP contribution < -0.4 is 0 Å². The molecule has 0 unspecified atom stereocenters. The molecule has 0 atom stereocenters. The van der Waals surface area contributed by atoms with E-state index < -0.39 is 0 Å². The van der Waals surface area contributed by atoms with Crippen LogP contribution in [0.2, 0.25) is 0 Å². The molecule has 2 rings (SSSR count). The van der Waals surface area contributed by atoms with E-state index in [0.29, 0.717) is 5.65 Å². The number of fused-ring (bicyclic) bond motifs is 1. The van der Waals surface area contributed by atoms with Crippen molar-refractivity contribution in [3.05, 3.63) is 12.8 Å². The van der Waals surface area contributed by atoms with Gasteiger partial charge in [-0.1, -0.05) is 0 Å². The number of hydrogen-bond acceptors (Lipinski definition) is 4. The summed E-state index contributed by atoms with van der Waals surface area (Å²) in [6.45, 7) is 0. The van der Waals surface area contributed by atoms with Crippen LogP contribution in [0.25, 0.3) is 11.4 Å². The molecule has 4 nitrogen and oxygen atoms in total. The molecule has 0 aliphatic carbocycles. The van der Waals surface area contributed by atoms with Crippen molar-refractivity contribution in [3.8, 4) is 0 Å². The Hall–Kier alpha value is -1.32. The Morgan fingerprint density at radius 2 is 1.75 bits per heavy atom. The third-order valence-corrected chi connectivity index (χ3v) is 0.762. The summed E-state index contributed by atoms with van der Waals surface area (Å²) >= 11 is 0. The van der Waals surface area contributed by atoms with Crippen molar-refractivity contribution in [2.24, 2.45) is 0 Å². The molecule has 8 heavy (non-hydrogen) atoms. The first-order valence-corrected chi connectivity index (χ1v) is 1.96. The molecule has 0 aromatic carbocycles. The van der Waals surface area contributed by atoms with Crippen LogP contribution in [-0.2, 0) is 0 Å². The lowest BCUT2D eigenvalue weighted by molar-refractivity contribution is 0.459. The highest BCUT2D eigenvalue weighted by Crippen LogP contribution is 2.05. The summed E-state index contributed by atoms with van der Waals surface area (Å²) in [5.41, 5.74) is 0.407. The second-order valence-corrected chi connectivity index (χ2v) is 1.22. The van der Waals surface area contributed by atoms with Gasteiger partial charge in [0, 0.05) is 0 Å². The van der Waals surface area contributed by atoms with Crippen LogP contribution in [0.1, 0.15) is 0 Å². The molecule has 0 N–H and O–H groups in total. The Morgan fingerprint density at radius 3 is 2.25 bits per heavy atom. The second kappa shape index (κ2) is 1.09. The minimum atomic E-state index is 0.269. The van der Waals surface area contributed by atoms with Crippen molar-refractivity contribution < 1.29 is 8.83 Å². The number of hydrogen-bond donors (Lipinski definition) is 0. The molecule has 0 spiro atoms. The van der Waals surface area contributed by atoms with Gasteiger partial charge in [0.25, 0.3) is 12.8 Å². The third kappa shape index (κ3) is 0.294. The maximum atomic E-state index is 4.56. The molecular formula is C4N2O2. The van der Waals surface area contributed by atoms with E-state index in [2.05, 4.69) is 31.6 Å². The van der Waals surface area contributed by atoms with E-state index in [-0.39, 0.29) is 5.78 Å². The van der Waals surface area contributed by atoms with Crippen molar-refractivity contribution in [1.29, 1.82) is 0 Å². The van der Waals surface area contributed by atoms with E-state index in [1.54, 1.807) is 0 Å². The minimum absolute atomic E-state index is 0.269. The van der Waals surface area contributed by atoms with Gasteiger partial charge in [0.1, 0.15) is 0 Å². The normalized spacial score (nSPS) is 10.5. The van der Waals surface area contributed by atoms with Gasteiger partial charge in [-0.25, -0.2) is 0 Å². The van der Waals surface area contributed by atoms with Crippen LogP contribution in [0.15, 0.2) is 8.83 Å². The van der Waals surface area contributed by atoms with Gasteiger partial charge in [-0.05, 0) is 0 Å². The van der Waals surface area contributed by atoms with Crippen LogP contribution in [0, 0.1) is 12.8 Å². The Kier molecular flexibility index (Phi) is 0.498. The number of oxazole rings is 2. The molecule has 0 aliphatic heterocycles. The molecule has 4 heteroatoms. The number of nitrogens with zero attached hydrogens (tertiary/aromatic N) is 2. The van der Waals surface area contributed by atoms with E-state index >= 15 is 0 Å².